The van der Waals surface area contributed by atoms with Crippen molar-refractivity contribution in [1.29, 1.82) is 0 Å². The Morgan fingerprint density at radius 1 is 1.06 bits per heavy atom. The predicted octanol–water partition coefficient (Wildman–Crippen LogP) is 3.28. The van der Waals surface area contributed by atoms with Crippen molar-refractivity contribution < 1.29 is 4.79 Å². The Hall–Kier alpha value is -1.80. The Kier molecular flexibility index (Phi) is 8.50. The first-order valence-corrected chi connectivity index (χ1v) is 19.6. The van der Waals surface area contributed by atoms with E-state index in [9.17, 15) is 4.79 Å². The second kappa shape index (κ2) is 12.0. The number of hydrogen-bond acceptors (Lipinski definition) is 7. The molecule has 3 heterocycles. The van der Waals surface area contributed by atoms with Crippen LogP contribution in [-0.4, -0.2) is 81.0 Å². The maximum atomic E-state index is 13.7. The molecule has 2 aromatic carbocycles. The summed E-state index contributed by atoms with van der Waals surface area (Å²) in [5.41, 5.74) is 2.00. The van der Waals surface area contributed by atoms with Crippen molar-refractivity contribution >= 4 is 48.3 Å². The van der Waals surface area contributed by atoms with Gasteiger partial charge in [0.1, 0.15) is 0 Å². The first kappa shape index (κ1) is 24.9. The van der Waals surface area contributed by atoms with E-state index in [4.69, 9.17) is 0 Å². The van der Waals surface area contributed by atoms with Gasteiger partial charge in [0.25, 0.3) is 0 Å². The molecule has 2 aliphatic rings. The summed E-state index contributed by atoms with van der Waals surface area (Å²) >= 11 is -1.04. The number of carbonyl (C=O) groups is 1. The molecule has 7 nitrogen and oxygen atoms in total. The molecule has 2 fully saturated rings. The summed E-state index contributed by atoms with van der Waals surface area (Å²) in [6, 6.07) is 18.7. The molecule has 3 aromatic rings. The Labute approximate surface area is 218 Å². The van der Waals surface area contributed by atoms with Gasteiger partial charge in [0, 0.05) is 0 Å². The number of nitrogens with zero attached hydrogens (tertiary/aromatic N) is 6. The van der Waals surface area contributed by atoms with Crippen LogP contribution in [0.4, 0.5) is 5.69 Å². The molecule has 2 aliphatic heterocycles. The van der Waals surface area contributed by atoms with Crippen LogP contribution in [0.25, 0.3) is 0 Å². The Morgan fingerprint density at radius 3 is 2.46 bits per heavy atom. The molecule has 2 saturated heterocycles. The first-order chi connectivity index (χ1) is 17.2. The zero-order valence-corrected chi connectivity index (χ0v) is 23.5. The summed E-state index contributed by atoms with van der Waals surface area (Å²) < 4.78 is 1.46. The molecule has 0 N–H and O–H groups in total. The molecule has 184 valence electrons. The van der Waals surface area contributed by atoms with Crippen LogP contribution in [0.2, 0.25) is 0 Å². The van der Waals surface area contributed by atoms with Crippen molar-refractivity contribution in [1.82, 2.24) is 25.1 Å². The van der Waals surface area contributed by atoms with Crippen LogP contribution >= 0.6 is 20.0 Å². The van der Waals surface area contributed by atoms with Crippen LogP contribution < -0.4 is 9.25 Å². The van der Waals surface area contributed by atoms with Gasteiger partial charge in [-0.15, -0.1) is 0 Å². The zero-order chi connectivity index (χ0) is 24.0. The van der Waals surface area contributed by atoms with Gasteiger partial charge in [0.15, 0.2) is 0 Å². The third-order valence-electron chi connectivity index (χ3n) is 6.52. The fraction of sp³-hybridized carbons (Fsp3) is 0.440. The average Bonchev–Trinajstić information content (AvgIpc) is 3.61. The molecule has 10 heteroatoms. The second-order valence-corrected chi connectivity index (χ2v) is 20.6. The molecule has 0 radical (unpaired) electrons. The third-order valence-corrected chi connectivity index (χ3v) is 20.3. The van der Waals surface area contributed by atoms with Gasteiger partial charge >= 0.3 is 201 Å². The normalized spacial score (nSPS) is 17.6. The number of likely N-dealkylation sites (tertiary alicyclic amines) is 1. The Bertz CT molecular complexity index is 1100. The molecule has 1 amide bonds. The molecule has 35 heavy (non-hydrogen) atoms. The van der Waals surface area contributed by atoms with E-state index < -0.39 is 12.3 Å². The van der Waals surface area contributed by atoms with Crippen molar-refractivity contribution in [2.45, 2.75) is 26.3 Å². The minimum atomic E-state index is -1.04. The van der Waals surface area contributed by atoms with Crippen molar-refractivity contribution in [2.24, 2.45) is 5.92 Å². The maximum absolute atomic E-state index is 13.7. The van der Waals surface area contributed by atoms with Gasteiger partial charge in [-0.1, -0.05) is 18.2 Å². The number of carbonyl (C=O) groups excluding carboxylic acids is 1. The summed E-state index contributed by atoms with van der Waals surface area (Å²) in [5.74, 6) is 2.98. The van der Waals surface area contributed by atoms with E-state index in [1.165, 1.54) is 20.7 Å². The van der Waals surface area contributed by atoms with Crippen LogP contribution in [0.15, 0.2) is 54.6 Å². The Morgan fingerprint density at radius 2 is 1.77 bits per heavy atom. The molecule has 1 aromatic heterocycles. The monoisotopic (exact) mass is 570 g/mol. The fourth-order valence-electron chi connectivity index (χ4n) is 4.49. The fourth-order valence-corrected chi connectivity index (χ4v) is 18.6. The van der Waals surface area contributed by atoms with Crippen molar-refractivity contribution in [3.63, 3.8) is 0 Å². The molecule has 0 atom stereocenters. The van der Waals surface area contributed by atoms with Gasteiger partial charge in [0.05, 0.1) is 0 Å². The van der Waals surface area contributed by atoms with Crippen LogP contribution in [-0.2, 0) is 6.54 Å². The summed E-state index contributed by atoms with van der Waals surface area (Å²) in [7, 11) is 4.28. The number of amides is 1. The first-order valence-electron chi connectivity index (χ1n) is 12.2. The second-order valence-electron chi connectivity index (χ2n) is 8.86. The number of benzene rings is 2. The number of anilines is 1. The van der Waals surface area contributed by atoms with Crippen molar-refractivity contribution in [2.75, 3.05) is 42.6 Å². The minimum absolute atomic E-state index is 0.160. The summed E-state index contributed by atoms with van der Waals surface area (Å²) in [6.45, 7) is 6.67. The van der Waals surface area contributed by atoms with E-state index in [0.717, 1.165) is 43.7 Å². The van der Waals surface area contributed by atoms with Gasteiger partial charge in [-0.2, -0.15) is 0 Å². The van der Waals surface area contributed by atoms with Gasteiger partial charge in [-0.05, 0) is 0 Å². The van der Waals surface area contributed by atoms with E-state index in [-0.39, 0.29) is 11.7 Å². The molecule has 0 unspecified atom stereocenters. The summed E-state index contributed by atoms with van der Waals surface area (Å²) in [4.78, 5) is 19.6. The number of rotatable bonds is 8. The van der Waals surface area contributed by atoms with E-state index in [2.05, 4.69) is 71.5 Å². The predicted molar refractivity (Wildman–Crippen MR) is 147 cm³/mol. The summed E-state index contributed by atoms with van der Waals surface area (Å²) in [6.07, 6.45) is 2.21. The Balaban J connectivity index is 1.34. The van der Waals surface area contributed by atoms with Crippen LogP contribution in [0.5, 0.6) is 0 Å². The van der Waals surface area contributed by atoms with E-state index in [1.807, 2.05) is 35.2 Å². The quantitative estimate of drug-likeness (QED) is 0.385. The summed E-state index contributed by atoms with van der Waals surface area (Å²) in [5, 5.41) is 12.8. The van der Waals surface area contributed by atoms with E-state index in [0.29, 0.717) is 19.0 Å². The molecular formula is C25H31AsN6OS2. The molecule has 0 saturated carbocycles. The van der Waals surface area contributed by atoms with Crippen LogP contribution in [0.1, 0.15) is 35.9 Å². The average molecular weight is 571 g/mol. The molecule has 5 rings (SSSR count). The topological polar surface area (TPSA) is 67.2 Å². The molecule has 0 bridgehead atoms. The molecule has 0 spiro atoms. The molecular weight excluding hydrogens is 539 g/mol. The molecule has 0 aliphatic carbocycles. The number of tetrazole rings is 1. The third kappa shape index (κ3) is 6.31. The van der Waals surface area contributed by atoms with Crippen molar-refractivity contribution in [3.05, 3.63) is 66.0 Å². The SMILES string of the molecule is CCN1CCC(CN(C(=O)c2nnn(Cc3ccccc3)n2)c2ccc([As]3SCCS3)cc2)CC1. The van der Waals surface area contributed by atoms with Gasteiger partial charge in [-0.3, -0.25) is 0 Å². The number of aromatic nitrogens is 4. The van der Waals surface area contributed by atoms with Crippen molar-refractivity contribution in [3.8, 4) is 0 Å². The van der Waals surface area contributed by atoms with E-state index in [1.54, 1.807) is 0 Å². The van der Waals surface area contributed by atoms with E-state index >= 15 is 0 Å². The zero-order valence-electron chi connectivity index (χ0n) is 20.0. The standard InChI is InChI=1S/C25H31AsN6OS2/c1-2-30-14-12-21(13-15-30)18-31(23-10-8-22(9-11-23)26-34-16-17-35-26)25(33)24-27-29-32(28-24)19-20-6-4-3-5-7-20/h3-11,21H,2,12-19H2,1H3. The van der Waals surface area contributed by atoms with Crippen LogP contribution in [0.3, 0.4) is 0 Å². The number of piperidine rings is 1. The van der Waals surface area contributed by atoms with Gasteiger partial charge in [-0.25, -0.2) is 0 Å². The number of hydrogen-bond donors (Lipinski definition) is 0. The van der Waals surface area contributed by atoms with Crippen LogP contribution in [0, 0.1) is 5.92 Å². The van der Waals surface area contributed by atoms with Gasteiger partial charge in [0.2, 0.25) is 0 Å². The van der Waals surface area contributed by atoms with Gasteiger partial charge < -0.3 is 0 Å².